The Balaban J connectivity index is 2.58. The quantitative estimate of drug-likeness (QED) is 0.697. The summed E-state index contributed by atoms with van der Waals surface area (Å²) in [6.45, 7) is 0. The predicted octanol–water partition coefficient (Wildman–Crippen LogP) is 1.62. The Morgan fingerprint density at radius 2 is 2.50 bits per heavy atom. The minimum Gasteiger partial charge on any atom is -0.298 e. The fraction of sp³-hybridized carbons (Fsp3) is 0. The van der Waals surface area contributed by atoms with Crippen molar-refractivity contribution < 1.29 is 4.79 Å². The molecule has 0 aliphatic heterocycles. The van der Waals surface area contributed by atoms with Crippen molar-refractivity contribution in [2.45, 2.75) is 0 Å². The second kappa shape index (κ2) is 3.44. The third-order valence-corrected chi connectivity index (χ3v) is 2.49. The molecule has 0 saturated heterocycles. The van der Waals surface area contributed by atoms with Crippen LogP contribution in [-0.4, -0.2) is 15.8 Å². The number of carbonyl (C=O) groups excluding carboxylic acids is 1. The Morgan fingerprint density at radius 3 is 3.07 bits per heavy atom. The molecule has 0 bridgehead atoms. The number of aromatic nitrogens is 2. The molecule has 68 valence electrons. The third kappa shape index (κ3) is 1.32. The van der Waals surface area contributed by atoms with Crippen LogP contribution in [0.3, 0.4) is 0 Å². The number of thiazole rings is 1. The van der Waals surface area contributed by atoms with Crippen molar-refractivity contribution in [3.05, 3.63) is 35.1 Å². The average Bonchev–Trinajstić information content (AvgIpc) is 2.85. The van der Waals surface area contributed by atoms with E-state index in [2.05, 4.69) is 4.98 Å². The van der Waals surface area contributed by atoms with Gasteiger partial charge in [0.05, 0.1) is 0 Å². The van der Waals surface area contributed by atoms with Crippen molar-refractivity contribution in [2.24, 2.45) is 0 Å². The van der Waals surface area contributed by atoms with Gasteiger partial charge >= 0.3 is 0 Å². The number of carbonyl (C=O) groups is 1. The van der Waals surface area contributed by atoms with Gasteiger partial charge in [0.25, 0.3) is 0 Å². The monoisotopic (exact) mass is 203 g/mol. The standard InChI is InChI=1S/C9H5N3OS/c10-4-8-3-7(6-13)5-12(8)9-11-1-2-14-9/h1-3,5-6H. The summed E-state index contributed by atoms with van der Waals surface area (Å²) >= 11 is 1.41. The highest BCUT2D eigenvalue weighted by molar-refractivity contribution is 7.12. The van der Waals surface area contributed by atoms with Gasteiger partial charge in [0.2, 0.25) is 0 Å². The van der Waals surface area contributed by atoms with E-state index in [1.165, 1.54) is 17.4 Å². The zero-order valence-corrected chi connectivity index (χ0v) is 7.86. The van der Waals surface area contributed by atoms with Crippen LogP contribution in [0.4, 0.5) is 0 Å². The molecule has 0 aliphatic rings. The van der Waals surface area contributed by atoms with Gasteiger partial charge < -0.3 is 0 Å². The molecule has 0 N–H and O–H groups in total. The van der Waals surface area contributed by atoms with Crippen LogP contribution >= 0.6 is 11.3 Å². The van der Waals surface area contributed by atoms with Gasteiger partial charge in [0.15, 0.2) is 11.4 Å². The molecule has 0 radical (unpaired) electrons. The van der Waals surface area contributed by atoms with E-state index in [0.29, 0.717) is 22.7 Å². The van der Waals surface area contributed by atoms with Crippen LogP contribution in [0.2, 0.25) is 0 Å². The van der Waals surface area contributed by atoms with Gasteiger partial charge in [-0.15, -0.1) is 11.3 Å². The molecule has 5 heteroatoms. The van der Waals surface area contributed by atoms with Gasteiger partial charge in [-0.25, -0.2) is 4.98 Å². The van der Waals surface area contributed by atoms with Crippen LogP contribution in [0.5, 0.6) is 0 Å². The molecule has 14 heavy (non-hydrogen) atoms. The molecule has 0 amide bonds. The molecule has 0 fully saturated rings. The van der Waals surface area contributed by atoms with Crippen LogP contribution in [0, 0.1) is 11.3 Å². The van der Waals surface area contributed by atoms with E-state index < -0.39 is 0 Å². The van der Waals surface area contributed by atoms with E-state index in [4.69, 9.17) is 5.26 Å². The second-order valence-electron chi connectivity index (χ2n) is 2.57. The lowest BCUT2D eigenvalue weighted by molar-refractivity contribution is 0.112. The lowest BCUT2D eigenvalue weighted by Crippen LogP contribution is -1.93. The molecule has 0 aromatic carbocycles. The van der Waals surface area contributed by atoms with Crippen molar-refractivity contribution in [2.75, 3.05) is 0 Å². The Kier molecular flexibility index (Phi) is 2.13. The molecule has 0 spiro atoms. The van der Waals surface area contributed by atoms with Crippen LogP contribution in [-0.2, 0) is 0 Å². The number of aldehydes is 1. The van der Waals surface area contributed by atoms with Gasteiger partial charge in [0.1, 0.15) is 11.8 Å². The minimum absolute atomic E-state index is 0.419. The summed E-state index contributed by atoms with van der Waals surface area (Å²) in [5.74, 6) is 0. The molecular weight excluding hydrogens is 198 g/mol. The first-order valence-electron chi connectivity index (χ1n) is 3.82. The van der Waals surface area contributed by atoms with Gasteiger partial charge in [-0.1, -0.05) is 0 Å². The SMILES string of the molecule is N#Cc1cc(C=O)cn1-c1nccs1. The highest BCUT2D eigenvalue weighted by Gasteiger charge is 2.07. The van der Waals surface area contributed by atoms with Gasteiger partial charge in [-0.05, 0) is 6.07 Å². The molecule has 2 aromatic rings. The maximum Gasteiger partial charge on any atom is 0.194 e. The van der Waals surface area contributed by atoms with Crippen molar-refractivity contribution in [1.29, 1.82) is 5.26 Å². The van der Waals surface area contributed by atoms with Gasteiger partial charge in [0, 0.05) is 23.3 Å². The summed E-state index contributed by atoms with van der Waals surface area (Å²) in [6, 6.07) is 3.55. The second-order valence-corrected chi connectivity index (χ2v) is 3.45. The predicted molar refractivity (Wildman–Crippen MR) is 51.5 cm³/mol. The van der Waals surface area contributed by atoms with E-state index >= 15 is 0 Å². The van der Waals surface area contributed by atoms with Gasteiger partial charge in [-0.3, -0.25) is 9.36 Å². The molecule has 4 nitrogen and oxygen atoms in total. The summed E-state index contributed by atoms with van der Waals surface area (Å²) < 4.78 is 1.61. The molecule has 0 atom stereocenters. The Bertz CT molecular complexity index is 493. The Morgan fingerprint density at radius 1 is 1.64 bits per heavy atom. The molecule has 0 saturated carbocycles. The molecule has 2 aromatic heterocycles. The van der Waals surface area contributed by atoms with Crippen molar-refractivity contribution in [3.63, 3.8) is 0 Å². The van der Waals surface area contributed by atoms with Crippen LogP contribution < -0.4 is 0 Å². The van der Waals surface area contributed by atoms with Crippen molar-refractivity contribution in [3.8, 4) is 11.2 Å². The van der Waals surface area contributed by atoms with E-state index in [1.807, 2.05) is 11.4 Å². The van der Waals surface area contributed by atoms with E-state index in [9.17, 15) is 4.79 Å². The van der Waals surface area contributed by atoms with Crippen LogP contribution in [0.1, 0.15) is 16.1 Å². The highest BCUT2D eigenvalue weighted by atomic mass is 32.1. The summed E-state index contributed by atoms with van der Waals surface area (Å²) in [7, 11) is 0. The number of hydrogen-bond donors (Lipinski definition) is 0. The molecule has 0 aliphatic carbocycles. The van der Waals surface area contributed by atoms with Crippen molar-refractivity contribution >= 4 is 17.6 Å². The third-order valence-electron chi connectivity index (χ3n) is 1.72. The molecule has 2 rings (SSSR count). The number of hydrogen-bond acceptors (Lipinski definition) is 4. The highest BCUT2D eigenvalue weighted by Crippen LogP contribution is 2.16. The average molecular weight is 203 g/mol. The summed E-state index contributed by atoms with van der Waals surface area (Å²) in [5, 5.41) is 11.3. The first-order chi connectivity index (χ1) is 6.85. The first-order valence-corrected chi connectivity index (χ1v) is 4.70. The number of nitrogens with zero attached hydrogens (tertiary/aromatic N) is 3. The summed E-state index contributed by atoms with van der Waals surface area (Å²) in [5.41, 5.74) is 0.902. The number of nitriles is 1. The van der Waals surface area contributed by atoms with E-state index in [0.717, 1.165) is 0 Å². The first kappa shape index (κ1) is 8.66. The summed E-state index contributed by atoms with van der Waals surface area (Å²) in [4.78, 5) is 14.6. The maximum atomic E-state index is 10.5. The lowest BCUT2D eigenvalue weighted by atomic mass is 10.3. The topological polar surface area (TPSA) is 58.7 Å². The van der Waals surface area contributed by atoms with E-state index in [1.54, 1.807) is 17.0 Å². The zero-order valence-electron chi connectivity index (χ0n) is 7.04. The van der Waals surface area contributed by atoms with Crippen LogP contribution in [0.15, 0.2) is 23.8 Å². The van der Waals surface area contributed by atoms with Crippen LogP contribution in [0.25, 0.3) is 5.13 Å². The zero-order chi connectivity index (χ0) is 9.97. The maximum absolute atomic E-state index is 10.5. The Labute approximate surface area is 84.1 Å². The van der Waals surface area contributed by atoms with E-state index in [-0.39, 0.29) is 0 Å². The molecular formula is C9H5N3OS. The smallest absolute Gasteiger partial charge is 0.194 e. The van der Waals surface area contributed by atoms with Crippen molar-refractivity contribution in [1.82, 2.24) is 9.55 Å². The molecule has 0 unspecified atom stereocenters. The fourth-order valence-electron chi connectivity index (χ4n) is 1.13. The van der Waals surface area contributed by atoms with Gasteiger partial charge in [-0.2, -0.15) is 5.26 Å². The minimum atomic E-state index is 0.419. The summed E-state index contributed by atoms with van der Waals surface area (Å²) in [6.07, 6.45) is 3.97. The molecule has 2 heterocycles. The number of rotatable bonds is 2. The normalized spacial score (nSPS) is 9.64. The Hall–Kier alpha value is -1.93. The lowest BCUT2D eigenvalue weighted by Gasteiger charge is -1.96. The largest absolute Gasteiger partial charge is 0.298 e. The fourth-order valence-corrected chi connectivity index (χ4v) is 1.76.